The van der Waals surface area contributed by atoms with Crippen LogP contribution in [-0.4, -0.2) is 36.8 Å². The van der Waals surface area contributed by atoms with Gasteiger partial charge in [0.05, 0.1) is 26.4 Å². The van der Waals surface area contributed by atoms with Crippen LogP contribution in [0.1, 0.15) is 22.2 Å². The Labute approximate surface area is 142 Å². The van der Waals surface area contributed by atoms with Crippen molar-refractivity contribution in [2.24, 2.45) is 0 Å². The molecule has 0 aliphatic carbocycles. The molecule has 1 unspecified atom stereocenters. The summed E-state index contributed by atoms with van der Waals surface area (Å²) < 4.78 is 26.1. The zero-order chi connectivity index (χ0) is 17.8. The van der Waals surface area contributed by atoms with E-state index in [1.54, 1.807) is 18.2 Å². The lowest BCUT2D eigenvalue weighted by molar-refractivity contribution is -0.0930. The van der Waals surface area contributed by atoms with Gasteiger partial charge in [0.1, 0.15) is 17.9 Å². The van der Waals surface area contributed by atoms with Crippen molar-refractivity contribution in [3.8, 4) is 29.6 Å². The van der Waals surface area contributed by atoms with Crippen molar-refractivity contribution in [3.63, 3.8) is 0 Å². The number of benzene rings is 1. The van der Waals surface area contributed by atoms with E-state index >= 15 is 0 Å². The molecule has 1 aliphatic rings. The molecule has 0 saturated heterocycles. The topological polar surface area (TPSA) is 113 Å². The van der Waals surface area contributed by atoms with Crippen LogP contribution in [0.2, 0.25) is 0 Å². The van der Waals surface area contributed by atoms with Crippen LogP contribution in [0.3, 0.4) is 0 Å². The summed E-state index contributed by atoms with van der Waals surface area (Å²) in [6.45, 7) is -0.210. The maximum Gasteiger partial charge on any atom is 0.345 e. The van der Waals surface area contributed by atoms with Gasteiger partial charge in [0.25, 0.3) is 0 Å². The summed E-state index contributed by atoms with van der Waals surface area (Å²) >= 11 is 0. The molecule has 0 fully saturated rings. The Morgan fingerprint density at radius 3 is 2.60 bits per heavy atom. The van der Waals surface area contributed by atoms with Crippen LogP contribution in [-0.2, 0) is 9.47 Å². The third-order valence-corrected chi connectivity index (χ3v) is 3.31. The molecule has 0 bridgehead atoms. The smallest absolute Gasteiger partial charge is 0.345 e. The molecule has 0 N–H and O–H groups in total. The summed E-state index contributed by atoms with van der Waals surface area (Å²) in [6, 6.07) is 8.15. The number of hydrogen-bond donors (Lipinski definition) is 0. The first kappa shape index (κ1) is 16.5. The number of nitriles is 1. The number of hydrogen-bond acceptors (Lipinski definition) is 9. The highest BCUT2D eigenvalue weighted by atomic mass is 16.7. The standard InChI is InChI=1S/C16H13N3O6/c1-21-11-8-12(22-2)19-16(18-11)24-10-5-3-4-9-13(10)14(20)25-15(9)23-7-6-17/h3-5,8,15H,7H2,1-2H3. The fraction of sp³-hybridized carbons (Fsp3) is 0.250. The summed E-state index contributed by atoms with van der Waals surface area (Å²) in [7, 11) is 2.89. The van der Waals surface area contributed by atoms with Gasteiger partial charge in [0, 0.05) is 5.56 Å². The van der Waals surface area contributed by atoms with Crippen LogP contribution >= 0.6 is 0 Å². The molecule has 1 atom stereocenters. The number of rotatable bonds is 6. The normalized spacial score (nSPS) is 15.1. The molecule has 128 valence electrons. The van der Waals surface area contributed by atoms with Crippen molar-refractivity contribution in [2.45, 2.75) is 6.29 Å². The zero-order valence-electron chi connectivity index (χ0n) is 13.4. The summed E-state index contributed by atoms with van der Waals surface area (Å²) in [5.41, 5.74) is 0.656. The minimum atomic E-state index is -0.952. The van der Waals surface area contributed by atoms with E-state index in [4.69, 9.17) is 28.9 Å². The van der Waals surface area contributed by atoms with E-state index < -0.39 is 12.3 Å². The van der Waals surface area contributed by atoms with Gasteiger partial charge in [-0.3, -0.25) is 0 Å². The van der Waals surface area contributed by atoms with E-state index in [1.807, 2.05) is 6.07 Å². The quantitative estimate of drug-likeness (QED) is 0.726. The largest absolute Gasteiger partial charge is 0.481 e. The Bertz CT molecular complexity index is 826. The van der Waals surface area contributed by atoms with Gasteiger partial charge in [-0.2, -0.15) is 15.2 Å². The number of ether oxygens (including phenoxy) is 5. The number of nitrogens with zero attached hydrogens (tertiary/aromatic N) is 3. The van der Waals surface area contributed by atoms with E-state index in [0.29, 0.717) is 5.56 Å². The molecule has 0 radical (unpaired) electrons. The third-order valence-electron chi connectivity index (χ3n) is 3.31. The van der Waals surface area contributed by atoms with Gasteiger partial charge >= 0.3 is 12.0 Å². The number of carbonyl (C=O) groups is 1. The predicted octanol–water partition coefficient (Wildman–Crippen LogP) is 2.00. The van der Waals surface area contributed by atoms with E-state index in [9.17, 15) is 4.79 Å². The van der Waals surface area contributed by atoms with Crippen molar-refractivity contribution in [2.75, 3.05) is 20.8 Å². The zero-order valence-corrected chi connectivity index (χ0v) is 13.4. The molecule has 25 heavy (non-hydrogen) atoms. The maximum absolute atomic E-state index is 12.1. The van der Waals surface area contributed by atoms with Gasteiger partial charge in [-0.25, -0.2) is 4.79 Å². The van der Waals surface area contributed by atoms with Gasteiger partial charge in [-0.1, -0.05) is 12.1 Å². The molecule has 1 aromatic heterocycles. The highest BCUT2D eigenvalue weighted by molar-refractivity contribution is 5.96. The minimum absolute atomic E-state index is 0.0567. The lowest BCUT2D eigenvalue weighted by atomic mass is 10.1. The molecule has 1 aromatic carbocycles. The SMILES string of the molecule is COc1cc(OC)nc(Oc2cccc3c2C(=O)OC3OCC#N)n1. The van der Waals surface area contributed by atoms with E-state index in [0.717, 1.165) is 0 Å². The summed E-state index contributed by atoms with van der Waals surface area (Å²) in [6.07, 6.45) is -0.952. The summed E-state index contributed by atoms with van der Waals surface area (Å²) in [4.78, 5) is 20.2. The lowest BCUT2D eigenvalue weighted by Gasteiger charge is -2.10. The highest BCUT2D eigenvalue weighted by Crippen LogP contribution is 2.38. The van der Waals surface area contributed by atoms with Crippen molar-refractivity contribution in [1.82, 2.24) is 9.97 Å². The van der Waals surface area contributed by atoms with E-state index in [-0.39, 0.29) is 35.7 Å². The van der Waals surface area contributed by atoms with Crippen molar-refractivity contribution < 1.29 is 28.5 Å². The average molecular weight is 343 g/mol. The average Bonchev–Trinajstić information content (AvgIpc) is 2.96. The number of esters is 1. The first-order valence-corrected chi connectivity index (χ1v) is 7.13. The maximum atomic E-state index is 12.1. The number of aromatic nitrogens is 2. The van der Waals surface area contributed by atoms with Crippen molar-refractivity contribution in [1.29, 1.82) is 5.26 Å². The van der Waals surface area contributed by atoms with Gasteiger partial charge in [0.2, 0.25) is 18.1 Å². The van der Waals surface area contributed by atoms with Gasteiger partial charge in [0.15, 0.2) is 0 Å². The number of cyclic esters (lactones) is 1. The number of carbonyl (C=O) groups excluding carboxylic acids is 1. The van der Waals surface area contributed by atoms with Crippen molar-refractivity contribution >= 4 is 5.97 Å². The Balaban J connectivity index is 1.94. The summed E-state index contributed by atoms with van der Waals surface area (Å²) in [5.74, 6) is 0.0590. The fourth-order valence-corrected chi connectivity index (χ4v) is 2.24. The van der Waals surface area contributed by atoms with E-state index in [2.05, 4.69) is 9.97 Å². The third kappa shape index (κ3) is 3.29. The first-order chi connectivity index (χ1) is 12.2. The van der Waals surface area contributed by atoms with Crippen LogP contribution in [0.25, 0.3) is 0 Å². The molecule has 0 spiro atoms. The van der Waals surface area contributed by atoms with Gasteiger partial charge < -0.3 is 23.7 Å². The second-order valence-corrected chi connectivity index (χ2v) is 4.76. The lowest BCUT2D eigenvalue weighted by Crippen LogP contribution is -2.03. The molecule has 9 nitrogen and oxygen atoms in total. The molecule has 3 rings (SSSR count). The Morgan fingerprint density at radius 2 is 1.96 bits per heavy atom. The molecule has 0 amide bonds. The summed E-state index contributed by atoms with van der Waals surface area (Å²) in [5, 5.41) is 8.61. The minimum Gasteiger partial charge on any atom is -0.481 e. The monoisotopic (exact) mass is 343 g/mol. The highest BCUT2D eigenvalue weighted by Gasteiger charge is 2.35. The van der Waals surface area contributed by atoms with Crippen LogP contribution in [0.4, 0.5) is 0 Å². The van der Waals surface area contributed by atoms with E-state index in [1.165, 1.54) is 20.3 Å². The second kappa shape index (κ2) is 7.02. The van der Waals surface area contributed by atoms with Crippen molar-refractivity contribution in [3.05, 3.63) is 35.4 Å². The second-order valence-electron chi connectivity index (χ2n) is 4.76. The van der Waals surface area contributed by atoms with Gasteiger partial charge in [-0.15, -0.1) is 0 Å². The number of methoxy groups -OCH3 is 2. The van der Waals surface area contributed by atoms with Crippen LogP contribution in [0.5, 0.6) is 23.5 Å². The van der Waals surface area contributed by atoms with Crippen LogP contribution < -0.4 is 14.2 Å². The van der Waals surface area contributed by atoms with Crippen LogP contribution in [0.15, 0.2) is 24.3 Å². The molecule has 1 aliphatic heterocycles. The molecule has 2 heterocycles. The molecular formula is C16H13N3O6. The Morgan fingerprint density at radius 1 is 1.24 bits per heavy atom. The molecule has 0 saturated carbocycles. The molecular weight excluding hydrogens is 330 g/mol. The van der Waals surface area contributed by atoms with Gasteiger partial charge in [-0.05, 0) is 6.07 Å². The van der Waals surface area contributed by atoms with Crippen LogP contribution in [0, 0.1) is 11.3 Å². The predicted molar refractivity (Wildman–Crippen MR) is 81.4 cm³/mol. The molecule has 9 heteroatoms. The first-order valence-electron chi connectivity index (χ1n) is 7.13. The Hall–Kier alpha value is -3.38. The molecule has 2 aromatic rings. The number of fused-ring (bicyclic) bond motifs is 1. The Kier molecular flexibility index (Phi) is 4.63. The fourth-order valence-electron chi connectivity index (χ4n) is 2.24.